The minimum absolute atomic E-state index is 0.0534. The van der Waals surface area contributed by atoms with E-state index in [9.17, 15) is 4.79 Å². The molecule has 4 heteroatoms. The van der Waals surface area contributed by atoms with Crippen LogP contribution in [-0.4, -0.2) is 21.6 Å². The SMILES string of the molecule is Cn1cc(CC(=O)C2CCCCCC2N)cn1. The van der Waals surface area contributed by atoms with Gasteiger partial charge in [-0.2, -0.15) is 5.10 Å². The normalized spacial score (nSPS) is 25.5. The molecular formula is C13H21N3O. The topological polar surface area (TPSA) is 60.9 Å². The first-order chi connectivity index (χ1) is 8.16. The Kier molecular flexibility index (Phi) is 3.94. The van der Waals surface area contributed by atoms with E-state index in [4.69, 9.17) is 5.73 Å². The molecule has 0 spiro atoms. The van der Waals surface area contributed by atoms with Crippen molar-refractivity contribution in [3.63, 3.8) is 0 Å². The van der Waals surface area contributed by atoms with E-state index in [-0.39, 0.29) is 17.7 Å². The summed E-state index contributed by atoms with van der Waals surface area (Å²) in [5.74, 6) is 0.338. The van der Waals surface area contributed by atoms with E-state index in [0.717, 1.165) is 31.2 Å². The van der Waals surface area contributed by atoms with Crippen LogP contribution in [0.1, 0.15) is 37.7 Å². The zero-order valence-electron chi connectivity index (χ0n) is 10.4. The van der Waals surface area contributed by atoms with E-state index in [1.54, 1.807) is 10.9 Å². The fraction of sp³-hybridized carbons (Fsp3) is 0.692. The van der Waals surface area contributed by atoms with E-state index >= 15 is 0 Å². The molecule has 4 nitrogen and oxygen atoms in total. The maximum Gasteiger partial charge on any atom is 0.141 e. The molecule has 1 aromatic rings. The lowest BCUT2D eigenvalue weighted by Crippen LogP contribution is -2.35. The van der Waals surface area contributed by atoms with Gasteiger partial charge in [0, 0.05) is 31.6 Å². The Morgan fingerprint density at radius 2 is 2.24 bits per heavy atom. The molecular weight excluding hydrogens is 214 g/mol. The summed E-state index contributed by atoms with van der Waals surface area (Å²) in [5.41, 5.74) is 7.09. The van der Waals surface area contributed by atoms with Crippen LogP contribution in [0, 0.1) is 5.92 Å². The third-order valence-electron chi connectivity index (χ3n) is 3.62. The van der Waals surface area contributed by atoms with Crippen molar-refractivity contribution in [1.29, 1.82) is 0 Å². The van der Waals surface area contributed by atoms with Crippen LogP contribution in [0.3, 0.4) is 0 Å². The first-order valence-electron chi connectivity index (χ1n) is 6.42. The van der Waals surface area contributed by atoms with Gasteiger partial charge in [0.1, 0.15) is 5.78 Å². The van der Waals surface area contributed by atoms with E-state index < -0.39 is 0 Å². The Morgan fingerprint density at radius 3 is 2.94 bits per heavy atom. The van der Waals surface area contributed by atoms with Crippen LogP contribution >= 0.6 is 0 Å². The highest BCUT2D eigenvalue weighted by Gasteiger charge is 2.26. The molecule has 0 saturated heterocycles. The predicted molar refractivity (Wildman–Crippen MR) is 66.5 cm³/mol. The molecule has 0 aliphatic heterocycles. The smallest absolute Gasteiger partial charge is 0.141 e. The van der Waals surface area contributed by atoms with Crippen LogP contribution in [-0.2, 0) is 18.3 Å². The van der Waals surface area contributed by atoms with Gasteiger partial charge >= 0.3 is 0 Å². The molecule has 1 fully saturated rings. The molecule has 2 atom stereocenters. The largest absolute Gasteiger partial charge is 0.327 e. The van der Waals surface area contributed by atoms with Crippen molar-refractivity contribution >= 4 is 5.78 Å². The highest BCUT2D eigenvalue weighted by atomic mass is 16.1. The van der Waals surface area contributed by atoms with Crippen molar-refractivity contribution in [2.75, 3.05) is 0 Å². The van der Waals surface area contributed by atoms with Gasteiger partial charge in [-0.1, -0.05) is 19.3 Å². The lowest BCUT2D eigenvalue weighted by atomic mass is 9.88. The Labute approximate surface area is 102 Å². The van der Waals surface area contributed by atoms with Gasteiger partial charge in [-0.3, -0.25) is 9.48 Å². The Balaban J connectivity index is 1.98. The number of nitrogens with two attached hydrogens (primary N) is 1. The number of rotatable bonds is 3. The average Bonchev–Trinajstić information content (AvgIpc) is 2.57. The highest BCUT2D eigenvalue weighted by molar-refractivity contribution is 5.83. The molecule has 1 heterocycles. The van der Waals surface area contributed by atoms with Crippen molar-refractivity contribution < 1.29 is 4.79 Å². The van der Waals surface area contributed by atoms with Gasteiger partial charge in [-0.15, -0.1) is 0 Å². The summed E-state index contributed by atoms with van der Waals surface area (Å²) in [6.45, 7) is 0. The molecule has 0 amide bonds. The van der Waals surface area contributed by atoms with E-state index in [1.165, 1.54) is 6.42 Å². The number of hydrogen-bond donors (Lipinski definition) is 1. The number of carbonyl (C=O) groups excluding carboxylic acids is 1. The molecule has 0 aromatic carbocycles. The summed E-state index contributed by atoms with van der Waals surface area (Å²) in [4.78, 5) is 12.2. The van der Waals surface area contributed by atoms with Crippen LogP contribution < -0.4 is 5.73 Å². The molecule has 1 aliphatic rings. The minimum Gasteiger partial charge on any atom is -0.327 e. The lowest BCUT2D eigenvalue weighted by molar-refractivity contribution is -0.123. The van der Waals surface area contributed by atoms with E-state index in [2.05, 4.69) is 5.10 Å². The Morgan fingerprint density at radius 1 is 1.47 bits per heavy atom. The van der Waals surface area contributed by atoms with Gasteiger partial charge in [0.15, 0.2) is 0 Å². The summed E-state index contributed by atoms with van der Waals surface area (Å²) in [5, 5.41) is 4.09. The molecule has 2 rings (SSSR count). The maximum atomic E-state index is 12.2. The Hall–Kier alpha value is -1.16. The van der Waals surface area contributed by atoms with Crippen molar-refractivity contribution in [3.05, 3.63) is 18.0 Å². The van der Waals surface area contributed by atoms with Crippen molar-refractivity contribution in [1.82, 2.24) is 9.78 Å². The van der Waals surface area contributed by atoms with Gasteiger partial charge in [0.25, 0.3) is 0 Å². The van der Waals surface area contributed by atoms with Crippen LogP contribution in [0.25, 0.3) is 0 Å². The van der Waals surface area contributed by atoms with Crippen LogP contribution in [0.4, 0.5) is 0 Å². The van der Waals surface area contributed by atoms with Crippen molar-refractivity contribution in [2.45, 2.75) is 44.6 Å². The van der Waals surface area contributed by atoms with Gasteiger partial charge in [0.2, 0.25) is 0 Å². The number of aromatic nitrogens is 2. The first-order valence-corrected chi connectivity index (χ1v) is 6.42. The maximum absolute atomic E-state index is 12.2. The number of Topliss-reactive ketones (excluding diaryl/α,β-unsaturated/α-hetero) is 1. The van der Waals surface area contributed by atoms with Crippen LogP contribution in [0.15, 0.2) is 12.4 Å². The second-order valence-corrected chi connectivity index (χ2v) is 5.07. The van der Waals surface area contributed by atoms with Gasteiger partial charge in [0.05, 0.1) is 6.20 Å². The highest BCUT2D eigenvalue weighted by Crippen LogP contribution is 2.24. The summed E-state index contributed by atoms with van der Waals surface area (Å²) in [6.07, 6.45) is 9.61. The summed E-state index contributed by atoms with van der Waals surface area (Å²) >= 11 is 0. The quantitative estimate of drug-likeness (QED) is 0.806. The fourth-order valence-corrected chi connectivity index (χ4v) is 2.63. The van der Waals surface area contributed by atoms with Crippen LogP contribution in [0.5, 0.6) is 0 Å². The van der Waals surface area contributed by atoms with E-state index in [1.807, 2.05) is 13.2 Å². The third-order valence-corrected chi connectivity index (χ3v) is 3.62. The molecule has 1 aromatic heterocycles. The Bertz CT molecular complexity index is 386. The average molecular weight is 235 g/mol. The second-order valence-electron chi connectivity index (χ2n) is 5.07. The molecule has 94 valence electrons. The second kappa shape index (κ2) is 5.45. The fourth-order valence-electron chi connectivity index (χ4n) is 2.63. The zero-order valence-corrected chi connectivity index (χ0v) is 10.4. The predicted octanol–water partition coefficient (Wildman–Crippen LogP) is 1.44. The summed E-state index contributed by atoms with van der Waals surface area (Å²) in [6, 6.07) is 0.0571. The lowest BCUT2D eigenvalue weighted by Gasteiger charge is -2.19. The molecule has 0 bridgehead atoms. The number of aryl methyl sites for hydroxylation is 1. The van der Waals surface area contributed by atoms with Crippen LogP contribution in [0.2, 0.25) is 0 Å². The standard InChI is InChI=1S/C13H21N3O/c1-16-9-10(8-15-16)7-13(17)11-5-3-2-4-6-12(11)14/h8-9,11-12H,2-7,14H2,1H3. The number of carbonyl (C=O) groups is 1. The molecule has 0 radical (unpaired) electrons. The summed E-state index contributed by atoms with van der Waals surface area (Å²) in [7, 11) is 1.87. The van der Waals surface area contributed by atoms with Crippen molar-refractivity contribution in [3.8, 4) is 0 Å². The van der Waals surface area contributed by atoms with E-state index in [0.29, 0.717) is 6.42 Å². The van der Waals surface area contributed by atoms with Gasteiger partial charge in [-0.25, -0.2) is 0 Å². The third kappa shape index (κ3) is 3.16. The number of nitrogens with zero attached hydrogens (tertiary/aromatic N) is 2. The number of hydrogen-bond acceptors (Lipinski definition) is 3. The van der Waals surface area contributed by atoms with Crippen molar-refractivity contribution in [2.24, 2.45) is 18.7 Å². The van der Waals surface area contributed by atoms with Gasteiger partial charge in [-0.05, 0) is 18.4 Å². The van der Waals surface area contributed by atoms with Gasteiger partial charge < -0.3 is 5.73 Å². The first kappa shape index (κ1) is 12.3. The number of ketones is 1. The molecule has 17 heavy (non-hydrogen) atoms. The molecule has 1 aliphatic carbocycles. The molecule has 2 N–H and O–H groups in total. The monoisotopic (exact) mass is 235 g/mol. The minimum atomic E-state index is 0.0534. The summed E-state index contributed by atoms with van der Waals surface area (Å²) < 4.78 is 1.73. The zero-order chi connectivity index (χ0) is 12.3. The molecule has 2 unspecified atom stereocenters. The molecule has 1 saturated carbocycles.